The molecule has 1 aliphatic heterocycles. The molecule has 0 aromatic carbocycles. The fourth-order valence-electron chi connectivity index (χ4n) is 3.08. The third kappa shape index (κ3) is 6.14. The van der Waals surface area contributed by atoms with E-state index < -0.39 is 23.2 Å². The van der Waals surface area contributed by atoms with Crippen LogP contribution < -0.4 is 10.6 Å². The fourth-order valence-corrected chi connectivity index (χ4v) is 3.41. The van der Waals surface area contributed by atoms with Crippen molar-refractivity contribution in [3.05, 3.63) is 22.8 Å². The van der Waals surface area contributed by atoms with Gasteiger partial charge in [0.05, 0.1) is 7.11 Å². The number of ether oxygens (including phenoxy) is 2. The quantitative estimate of drug-likeness (QED) is 0.635. The summed E-state index contributed by atoms with van der Waals surface area (Å²) in [5, 5.41) is 5.81. The summed E-state index contributed by atoms with van der Waals surface area (Å²) >= 11 is 3.32. The number of rotatable bonds is 5. The summed E-state index contributed by atoms with van der Waals surface area (Å²) in [6, 6.07) is 3.41. The van der Waals surface area contributed by atoms with E-state index in [0.29, 0.717) is 12.4 Å². The van der Waals surface area contributed by atoms with Crippen molar-refractivity contribution in [3.8, 4) is 0 Å². The molecule has 1 saturated heterocycles. The van der Waals surface area contributed by atoms with Crippen LogP contribution in [-0.4, -0.2) is 65.7 Å². The molecule has 29 heavy (non-hydrogen) atoms. The Labute approximate surface area is 178 Å². The Morgan fingerprint density at radius 1 is 1.38 bits per heavy atom. The number of carbonyl (C=O) groups excluding carboxylic acids is 3. The van der Waals surface area contributed by atoms with Crippen LogP contribution in [0.4, 0.5) is 10.6 Å². The summed E-state index contributed by atoms with van der Waals surface area (Å²) in [5.41, 5.74) is -2.05. The zero-order valence-electron chi connectivity index (χ0n) is 17.1. The zero-order chi connectivity index (χ0) is 21.7. The third-order valence-corrected chi connectivity index (χ3v) is 4.87. The largest absolute Gasteiger partial charge is 0.467 e. The van der Waals surface area contributed by atoms with Gasteiger partial charge < -0.3 is 20.1 Å². The molecular weight excluding hydrogens is 444 g/mol. The van der Waals surface area contributed by atoms with E-state index >= 15 is 0 Å². The lowest BCUT2D eigenvalue weighted by Gasteiger charge is -2.45. The second kappa shape index (κ2) is 9.53. The van der Waals surface area contributed by atoms with Crippen LogP contribution in [0.5, 0.6) is 0 Å². The topological polar surface area (TPSA) is 110 Å². The van der Waals surface area contributed by atoms with Crippen molar-refractivity contribution < 1.29 is 23.9 Å². The van der Waals surface area contributed by atoms with Crippen molar-refractivity contribution in [2.45, 2.75) is 44.8 Å². The molecule has 1 fully saturated rings. The molecule has 2 amide bonds. The highest BCUT2D eigenvalue weighted by Crippen LogP contribution is 2.28. The summed E-state index contributed by atoms with van der Waals surface area (Å²) in [7, 11) is 1.26. The number of pyridine rings is 1. The van der Waals surface area contributed by atoms with Gasteiger partial charge in [0.25, 0.3) is 0 Å². The van der Waals surface area contributed by atoms with Crippen LogP contribution in [0, 0.1) is 0 Å². The van der Waals surface area contributed by atoms with Crippen molar-refractivity contribution in [3.63, 3.8) is 0 Å². The molecule has 2 N–H and O–H groups in total. The number of nitrogens with one attached hydrogen (secondary N) is 2. The molecule has 9 nitrogen and oxygen atoms in total. The van der Waals surface area contributed by atoms with E-state index in [1.54, 1.807) is 39.1 Å². The van der Waals surface area contributed by atoms with Crippen molar-refractivity contribution in [1.29, 1.82) is 0 Å². The van der Waals surface area contributed by atoms with Gasteiger partial charge in [0.1, 0.15) is 11.4 Å². The second-order valence-corrected chi connectivity index (χ2v) is 8.66. The first kappa shape index (κ1) is 23.1. The average Bonchev–Trinajstić information content (AvgIpc) is 2.64. The summed E-state index contributed by atoms with van der Waals surface area (Å²) < 4.78 is 11.2. The number of carbonyl (C=O) groups is 3. The van der Waals surface area contributed by atoms with E-state index in [1.807, 2.05) is 0 Å². The highest BCUT2D eigenvalue weighted by molar-refractivity contribution is 9.10. The van der Waals surface area contributed by atoms with Gasteiger partial charge in [0.15, 0.2) is 5.54 Å². The first-order chi connectivity index (χ1) is 13.6. The molecular formula is C19H27BrN4O5. The molecule has 0 aliphatic carbocycles. The minimum atomic E-state index is -1.34. The van der Waals surface area contributed by atoms with Gasteiger partial charge in [-0.15, -0.1) is 0 Å². The van der Waals surface area contributed by atoms with Crippen LogP contribution in [0.3, 0.4) is 0 Å². The van der Waals surface area contributed by atoms with Gasteiger partial charge in [0, 0.05) is 36.7 Å². The number of esters is 1. The predicted molar refractivity (Wildman–Crippen MR) is 110 cm³/mol. The molecule has 2 heterocycles. The number of aromatic nitrogens is 1. The third-order valence-electron chi connectivity index (χ3n) is 4.38. The Kier molecular flexibility index (Phi) is 7.59. The lowest BCUT2D eigenvalue weighted by molar-refractivity contribution is -0.157. The van der Waals surface area contributed by atoms with E-state index in [4.69, 9.17) is 9.47 Å². The molecule has 0 saturated carbocycles. The second-order valence-electron chi connectivity index (χ2n) is 7.74. The van der Waals surface area contributed by atoms with Crippen LogP contribution >= 0.6 is 15.9 Å². The van der Waals surface area contributed by atoms with Gasteiger partial charge in [-0.2, -0.15) is 0 Å². The number of anilines is 1. The molecule has 160 valence electrons. The highest BCUT2D eigenvalue weighted by Gasteiger charge is 2.50. The van der Waals surface area contributed by atoms with Gasteiger partial charge in [0.2, 0.25) is 5.91 Å². The first-order valence-corrected chi connectivity index (χ1v) is 10.1. The van der Waals surface area contributed by atoms with Crippen molar-refractivity contribution in [1.82, 2.24) is 15.2 Å². The molecule has 1 aliphatic rings. The van der Waals surface area contributed by atoms with Crippen LogP contribution in [-0.2, 0) is 19.1 Å². The minimum Gasteiger partial charge on any atom is -0.467 e. The van der Waals surface area contributed by atoms with E-state index in [0.717, 1.165) is 4.47 Å². The Morgan fingerprint density at radius 3 is 2.72 bits per heavy atom. The number of piperazine rings is 1. The van der Waals surface area contributed by atoms with Gasteiger partial charge in [-0.25, -0.2) is 14.6 Å². The van der Waals surface area contributed by atoms with E-state index in [1.165, 1.54) is 12.0 Å². The highest BCUT2D eigenvalue weighted by atomic mass is 79.9. The molecule has 1 unspecified atom stereocenters. The predicted octanol–water partition coefficient (Wildman–Crippen LogP) is 2.31. The smallest absolute Gasteiger partial charge is 0.411 e. The lowest BCUT2D eigenvalue weighted by atomic mass is 9.89. The summed E-state index contributed by atoms with van der Waals surface area (Å²) in [6.07, 6.45) is 1.01. The maximum atomic E-state index is 12.8. The van der Waals surface area contributed by atoms with Crippen LogP contribution in [0.2, 0.25) is 0 Å². The molecule has 1 atom stereocenters. The van der Waals surface area contributed by atoms with Gasteiger partial charge >= 0.3 is 12.1 Å². The molecule has 0 spiro atoms. The van der Waals surface area contributed by atoms with E-state index in [9.17, 15) is 14.4 Å². The molecule has 1 aromatic heterocycles. The average molecular weight is 471 g/mol. The summed E-state index contributed by atoms with van der Waals surface area (Å²) in [6.45, 7) is 6.20. The Balaban J connectivity index is 2.17. The SMILES string of the molecule is COC(=O)C1(CCC(=O)Nc2cc(Br)ccn2)CNCCN1C(=O)OC(C)(C)C. The number of amides is 2. The van der Waals surface area contributed by atoms with Crippen molar-refractivity contribution in [2.24, 2.45) is 0 Å². The molecule has 1 aromatic rings. The van der Waals surface area contributed by atoms with Crippen molar-refractivity contribution in [2.75, 3.05) is 32.1 Å². The van der Waals surface area contributed by atoms with Gasteiger partial charge in [-0.3, -0.25) is 9.69 Å². The number of nitrogens with zero attached hydrogens (tertiary/aromatic N) is 2. The minimum absolute atomic E-state index is 0.00965. The number of hydrogen-bond acceptors (Lipinski definition) is 7. The Hall–Kier alpha value is -2.20. The normalized spacial score (nSPS) is 19.4. The maximum absolute atomic E-state index is 12.8. The van der Waals surface area contributed by atoms with Gasteiger partial charge in [-0.05, 0) is 39.3 Å². The summed E-state index contributed by atoms with van der Waals surface area (Å²) in [4.78, 5) is 43.4. The van der Waals surface area contributed by atoms with E-state index in [-0.39, 0.29) is 31.8 Å². The van der Waals surface area contributed by atoms with Crippen LogP contribution in [0.25, 0.3) is 0 Å². The van der Waals surface area contributed by atoms with Crippen LogP contribution in [0.1, 0.15) is 33.6 Å². The van der Waals surface area contributed by atoms with Crippen LogP contribution in [0.15, 0.2) is 22.8 Å². The fraction of sp³-hybridized carbons (Fsp3) is 0.579. The lowest BCUT2D eigenvalue weighted by Crippen LogP contribution is -2.67. The number of hydrogen-bond donors (Lipinski definition) is 2. The zero-order valence-corrected chi connectivity index (χ0v) is 18.7. The summed E-state index contributed by atoms with van der Waals surface area (Å²) in [5.74, 6) is -0.528. The molecule has 2 rings (SSSR count). The number of halogens is 1. The number of methoxy groups -OCH3 is 1. The maximum Gasteiger partial charge on any atom is 0.411 e. The monoisotopic (exact) mass is 470 g/mol. The molecule has 0 radical (unpaired) electrons. The first-order valence-electron chi connectivity index (χ1n) is 9.28. The van der Waals surface area contributed by atoms with E-state index in [2.05, 4.69) is 31.5 Å². The van der Waals surface area contributed by atoms with Crippen molar-refractivity contribution >= 4 is 39.7 Å². The molecule has 10 heteroatoms. The Bertz CT molecular complexity index is 767. The van der Waals surface area contributed by atoms with Gasteiger partial charge in [-0.1, -0.05) is 15.9 Å². The standard InChI is InChI=1S/C19H27BrN4O5/c1-18(2,3)29-17(27)24-10-9-21-12-19(24,16(26)28-4)7-5-15(25)23-14-11-13(20)6-8-22-14/h6,8,11,21H,5,7,9-10,12H2,1-4H3,(H,22,23,25). The molecule has 0 bridgehead atoms. The Morgan fingerprint density at radius 2 is 2.10 bits per heavy atom.